The van der Waals surface area contributed by atoms with Gasteiger partial charge in [0.05, 0.1) is 28.5 Å². The molecule has 0 radical (unpaired) electrons. The Morgan fingerprint density at radius 2 is 1.84 bits per heavy atom. The van der Waals surface area contributed by atoms with E-state index < -0.39 is 12.0 Å². The Morgan fingerprint density at radius 1 is 1.16 bits per heavy atom. The van der Waals surface area contributed by atoms with Crippen molar-refractivity contribution in [1.29, 1.82) is 0 Å². The summed E-state index contributed by atoms with van der Waals surface area (Å²) in [7, 11) is 0. The number of thiazole rings is 1. The van der Waals surface area contributed by atoms with Crippen molar-refractivity contribution < 1.29 is 13.9 Å². The minimum absolute atomic E-state index is 0.227. The number of aryl methyl sites for hydroxylation is 1. The molecule has 5 nitrogen and oxygen atoms in total. The quantitative estimate of drug-likeness (QED) is 0.590. The van der Waals surface area contributed by atoms with Crippen LogP contribution in [0.3, 0.4) is 0 Å². The highest BCUT2D eigenvalue weighted by Gasteiger charge is 2.33. The van der Waals surface area contributed by atoms with E-state index in [4.69, 9.17) is 4.74 Å². The molecule has 7 heteroatoms. The van der Waals surface area contributed by atoms with Gasteiger partial charge in [0.2, 0.25) is 0 Å². The second-order valence-corrected chi connectivity index (χ2v) is 8.27. The van der Waals surface area contributed by atoms with Crippen LogP contribution in [-0.2, 0) is 9.53 Å². The molecule has 0 bridgehead atoms. The van der Waals surface area contributed by atoms with Gasteiger partial charge in [-0.15, -0.1) is 0 Å². The van der Waals surface area contributed by atoms with Crippen molar-refractivity contribution in [1.82, 2.24) is 4.57 Å². The third-order valence-electron chi connectivity index (χ3n) is 5.08. The third-order valence-corrected chi connectivity index (χ3v) is 6.06. The molecule has 1 atom stereocenters. The number of aromatic nitrogens is 1. The zero-order valence-electron chi connectivity index (χ0n) is 17.4. The highest BCUT2D eigenvalue weighted by molar-refractivity contribution is 7.07. The van der Waals surface area contributed by atoms with Crippen LogP contribution in [0.1, 0.15) is 36.6 Å². The molecule has 4 rings (SSSR count). The molecule has 1 aliphatic rings. The molecule has 0 fully saturated rings. The number of rotatable bonds is 4. The number of hydrogen-bond acceptors (Lipinski definition) is 5. The maximum absolute atomic E-state index is 13.4. The molecule has 1 aliphatic heterocycles. The number of ether oxygens (including phenoxy) is 1. The number of hydrogen-bond donors (Lipinski definition) is 0. The van der Waals surface area contributed by atoms with Crippen LogP contribution >= 0.6 is 11.3 Å². The second kappa shape index (κ2) is 8.43. The highest BCUT2D eigenvalue weighted by atomic mass is 32.1. The van der Waals surface area contributed by atoms with Crippen LogP contribution in [0, 0.1) is 12.7 Å². The van der Waals surface area contributed by atoms with Crippen molar-refractivity contribution in [2.75, 3.05) is 6.61 Å². The van der Waals surface area contributed by atoms with Crippen molar-refractivity contribution in [2.24, 2.45) is 4.99 Å². The smallest absolute Gasteiger partial charge is 0.338 e. The van der Waals surface area contributed by atoms with E-state index >= 15 is 0 Å². The average molecular weight is 437 g/mol. The largest absolute Gasteiger partial charge is 0.463 e. The molecule has 0 saturated carbocycles. The van der Waals surface area contributed by atoms with Crippen molar-refractivity contribution in [2.45, 2.75) is 26.8 Å². The van der Waals surface area contributed by atoms with Gasteiger partial charge in [-0.25, -0.2) is 14.2 Å². The molecule has 0 spiro atoms. The number of allylic oxidation sites excluding steroid dienone is 1. The lowest BCUT2D eigenvalue weighted by atomic mass is 9.95. The number of carbonyl (C=O) groups excluding carboxylic acids is 1. The predicted molar refractivity (Wildman–Crippen MR) is 118 cm³/mol. The van der Waals surface area contributed by atoms with Crippen molar-refractivity contribution in [3.63, 3.8) is 0 Å². The fourth-order valence-electron chi connectivity index (χ4n) is 3.57. The topological polar surface area (TPSA) is 60.7 Å². The Bertz CT molecular complexity index is 1350. The Morgan fingerprint density at radius 3 is 2.48 bits per heavy atom. The lowest BCUT2D eigenvalue weighted by Gasteiger charge is -2.24. The van der Waals surface area contributed by atoms with Crippen LogP contribution in [0.15, 0.2) is 69.6 Å². The molecular weight excluding hydrogens is 415 g/mol. The van der Waals surface area contributed by atoms with Gasteiger partial charge in [0.25, 0.3) is 5.56 Å². The zero-order valence-corrected chi connectivity index (χ0v) is 18.2. The molecule has 3 aromatic rings. The molecule has 158 valence electrons. The lowest BCUT2D eigenvalue weighted by Crippen LogP contribution is -2.39. The lowest BCUT2D eigenvalue weighted by molar-refractivity contribution is -0.139. The highest BCUT2D eigenvalue weighted by Crippen LogP contribution is 2.30. The van der Waals surface area contributed by atoms with Gasteiger partial charge in [0, 0.05) is 0 Å². The summed E-state index contributed by atoms with van der Waals surface area (Å²) < 4.78 is 20.5. The molecule has 0 aliphatic carbocycles. The standard InChI is InChI=1S/C24H21FN2O3S/c1-4-30-23(29)20-15(3)26-24-27(21(20)17-9-5-14(2)6-10-17)22(28)19(31-24)13-16-7-11-18(25)12-8-16/h5-13,21H,4H2,1-3H3/b19-13-/t21-/m0/s1. The van der Waals surface area contributed by atoms with Gasteiger partial charge in [-0.2, -0.15) is 0 Å². The fourth-order valence-corrected chi connectivity index (χ4v) is 4.61. The van der Waals surface area contributed by atoms with Crippen LogP contribution < -0.4 is 14.9 Å². The minimum Gasteiger partial charge on any atom is -0.463 e. The zero-order chi connectivity index (χ0) is 22.1. The van der Waals surface area contributed by atoms with Gasteiger partial charge >= 0.3 is 5.97 Å². The predicted octanol–water partition coefficient (Wildman–Crippen LogP) is 3.25. The Kier molecular flexibility index (Phi) is 5.69. The van der Waals surface area contributed by atoms with Gasteiger partial charge < -0.3 is 4.74 Å². The first-order valence-corrected chi connectivity index (χ1v) is 10.7. The number of esters is 1. The maximum atomic E-state index is 13.4. The first-order valence-electron chi connectivity index (χ1n) is 9.91. The van der Waals surface area contributed by atoms with E-state index in [1.54, 1.807) is 36.6 Å². The molecule has 0 N–H and O–H groups in total. The van der Waals surface area contributed by atoms with E-state index in [0.717, 1.165) is 11.1 Å². The molecular formula is C24H21FN2O3S. The van der Waals surface area contributed by atoms with E-state index in [1.165, 1.54) is 23.5 Å². The van der Waals surface area contributed by atoms with Crippen LogP contribution in [0.25, 0.3) is 6.08 Å². The van der Waals surface area contributed by atoms with E-state index in [1.807, 2.05) is 31.2 Å². The SMILES string of the molecule is CCOC(=O)C1=C(C)N=c2s/c(=C\c3ccc(F)cc3)c(=O)n2[C@H]1c1ccc(C)cc1. The number of nitrogens with zero attached hydrogens (tertiary/aromatic N) is 2. The van der Waals surface area contributed by atoms with Gasteiger partial charge in [-0.1, -0.05) is 53.3 Å². The third kappa shape index (κ3) is 4.01. The Balaban J connectivity index is 1.94. The monoisotopic (exact) mass is 436 g/mol. The van der Waals surface area contributed by atoms with E-state index in [2.05, 4.69) is 4.99 Å². The summed E-state index contributed by atoms with van der Waals surface area (Å²) in [6, 6.07) is 13.0. The summed E-state index contributed by atoms with van der Waals surface area (Å²) in [6.45, 7) is 5.70. The van der Waals surface area contributed by atoms with Gasteiger partial charge in [-0.3, -0.25) is 9.36 Å². The van der Waals surface area contributed by atoms with Gasteiger partial charge in [0.15, 0.2) is 4.80 Å². The number of carbonyl (C=O) groups is 1. The van der Waals surface area contributed by atoms with Crippen molar-refractivity contribution in [3.05, 3.63) is 102 Å². The van der Waals surface area contributed by atoms with Crippen molar-refractivity contribution >= 4 is 23.4 Å². The number of fused-ring (bicyclic) bond motifs is 1. The minimum atomic E-state index is -0.633. The summed E-state index contributed by atoms with van der Waals surface area (Å²) in [5.41, 5.74) is 3.21. The fraction of sp³-hybridized carbons (Fsp3) is 0.208. The number of benzene rings is 2. The number of halogens is 1. The summed E-state index contributed by atoms with van der Waals surface area (Å²) in [4.78, 5) is 31.3. The van der Waals surface area contributed by atoms with Crippen LogP contribution in [0.5, 0.6) is 0 Å². The van der Waals surface area contributed by atoms with Crippen LogP contribution in [0.2, 0.25) is 0 Å². The van der Waals surface area contributed by atoms with E-state index in [-0.39, 0.29) is 18.0 Å². The molecule has 1 aromatic heterocycles. The maximum Gasteiger partial charge on any atom is 0.338 e. The first-order chi connectivity index (χ1) is 14.9. The summed E-state index contributed by atoms with van der Waals surface area (Å²) in [5.74, 6) is -0.824. The summed E-state index contributed by atoms with van der Waals surface area (Å²) in [5, 5.41) is 0. The summed E-state index contributed by atoms with van der Waals surface area (Å²) in [6.07, 6.45) is 1.71. The first kappa shape index (κ1) is 20.9. The van der Waals surface area contributed by atoms with E-state index in [9.17, 15) is 14.0 Å². The van der Waals surface area contributed by atoms with Gasteiger partial charge in [0.1, 0.15) is 5.82 Å². The molecule has 0 amide bonds. The molecule has 2 aromatic carbocycles. The second-order valence-electron chi connectivity index (χ2n) is 7.26. The Hall–Kier alpha value is -3.32. The summed E-state index contributed by atoms with van der Waals surface area (Å²) >= 11 is 1.24. The molecule has 0 unspecified atom stereocenters. The molecule has 0 saturated heterocycles. The average Bonchev–Trinajstić information content (AvgIpc) is 3.04. The van der Waals surface area contributed by atoms with Crippen LogP contribution in [0.4, 0.5) is 4.39 Å². The van der Waals surface area contributed by atoms with Gasteiger partial charge in [-0.05, 0) is 50.1 Å². The van der Waals surface area contributed by atoms with Crippen molar-refractivity contribution in [3.8, 4) is 0 Å². The molecule has 2 heterocycles. The molecule has 31 heavy (non-hydrogen) atoms. The van der Waals surface area contributed by atoms with E-state index in [0.29, 0.717) is 26.2 Å². The Labute approximate surface area is 182 Å². The normalized spacial score (nSPS) is 16.1. The van der Waals surface area contributed by atoms with Crippen LogP contribution in [-0.4, -0.2) is 17.1 Å².